The number of amides is 2. The molecule has 0 unspecified atom stereocenters. The number of carbonyl (C=O) groups excluding carboxylic acids is 2. The van der Waals surface area contributed by atoms with E-state index in [1.54, 1.807) is 0 Å². The molecule has 0 radical (unpaired) electrons. The highest BCUT2D eigenvalue weighted by Crippen LogP contribution is 2.21. The van der Waals surface area contributed by atoms with Crippen LogP contribution >= 0.6 is 0 Å². The van der Waals surface area contributed by atoms with Crippen molar-refractivity contribution in [3.05, 3.63) is 17.5 Å². The van der Waals surface area contributed by atoms with Crippen LogP contribution in [0.25, 0.3) is 0 Å². The number of aryl methyl sites for hydroxylation is 1. The van der Waals surface area contributed by atoms with Crippen molar-refractivity contribution in [2.24, 2.45) is 7.05 Å². The maximum atomic E-state index is 11.6. The van der Waals surface area contributed by atoms with Crippen molar-refractivity contribution in [3.8, 4) is 0 Å². The number of aromatic nitrogens is 2. The van der Waals surface area contributed by atoms with Gasteiger partial charge in [-0.1, -0.05) is 0 Å². The average Bonchev–Trinajstić information content (AvgIpc) is 2.62. The highest BCUT2D eigenvalue weighted by molar-refractivity contribution is 6.21. The summed E-state index contributed by atoms with van der Waals surface area (Å²) in [5.41, 5.74) is 0.296. The maximum absolute atomic E-state index is 11.6. The molecule has 2 rings (SSSR count). The Morgan fingerprint density at radius 3 is 2.67 bits per heavy atom. The van der Waals surface area contributed by atoms with Crippen LogP contribution in [0.3, 0.4) is 0 Å². The highest BCUT2D eigenvalue weighted by atomic mass is 16.4. The molecule has 7 nitrogen and oxygen atoms in total. The van der Waals surface area contributed by atoms with Gasteiger partial charge < -0.3 is 5.11 Å². The van der Waals surface area contributed by atoms with E-state index in [1.165, 1.54) is 17.9 Å². The van der Waals surface area contributed by atoms with Gasteiger partial charge in [0.2, 0.25) is 0 Å². The molecule has 1 aliphatic rings. The van der Waals surface area contributed by atoms with Crippen molar-refractivity contribution in [1.82, 2.24) is 14.7 Å². The molecule has 0 fully saturated rings. The molecule has 0 aliphatic carbocycles. The Hall–Kier alpha value is -2.18. The van der Waals surface area contributed by atoms with Gasteiger partial charge in [-0.25, -0.2) is 0 Å². The first-order chi connectivity index (χ1) is 7.02. The summed E-state index contributed by atoms with van der Waals surface area (Å²) < 4.78 is 1.26. The first kappa shape index (κ1) is 9.38. The fraction of sp³-hybridized carbons (Fsp3) is 0.250. The van der Waals surface area contributed by atoms with Crippen molar-refractivity contribution >= 4 is 17.8 Å². The van der Waals surface area contributed by atoms with Gasteiger partial charge in [-0.05, 0) is 0 Å². The van der Waals surface area contributed by atoms with Crippen LogP contribution in [0.1, 0.15) is 20.8 Å². The summed E-state index contributed by atoms with van der Waals surface area (Å²) >= 11 is 0. The zero-order valence-corrected chi connectivity index (χ0v) is 7.80. The van der Waals surface area contributed by atoms with Gasteiger partial charge in [-0.3, -0.25) is 24.0 Å². The number of imide groups is 1. The molecule has 15 heavy (non-hydrogen) atoms. The van der Waals surface area contributed by atoms with Gasteiger partial charge in [0.1, 0.15) is 12.2 Å². The molecule has 1 aliphatic heterocycles. The Bertz CT molecular complexity index is 476. The van der Waals surface area contributed by atoms with E-state index in [1.807, 2.05) is 0 Å². The number of hydrogen-bond acceptors (Lipinski definition) is 4. The maximum Gasteiger partial charge on any atom is 0.323 e. The molecule has 7 heteroatoms. The number of aliphatic carboxylic acids is 1. The normalized spacial score (nSPS) is 14.6. The van der Waals surface area contributed by atoms with Crippen molar-refractivity contribution in [3.63, 3.8) is 0 Å². The zero-order valence-electron chi connectivity index (χ0n) is 7.80. The number of nitrogens with zero attached hydrogens (tertiary/aromatic N) is 3. The minimum Gasteiger partial charge on any atom is -0.480 e. The Morgan fingerprint density at radius 2 is 2.13 bits per heavy atom. The van der Waals surface area contributed by atoms with Crippen LogP contribution in [-0.2, 0) is 11.8 Å². The molecule has 1 aromatic heterocycles. The highest BCUT2D eigenvalue weighted by Gasteiger charge is 2.39. The molecule has 0 atom stereocenters. The standard InChI is InChI=1S/C8H7N3O4/c1-10-6-4(2-9-10)7(14)11(8(6)15)3-5(12)13/h2H,3H2,1H3,(H,12,13). The second-order valence-corrected chi connectivity index (χ2v) is 3.12. The van der Waals surface area contributed by atoms with Gasteiger partial charge in [0.15, 0.2) is 0 Å². The molecule has 1 N–H and O–H groups in total. The van der Waals surface area contributed by atoms with E-state index in [-0.39, 0.29) is 11.3 Å². The monoisotopic (exact) mass is 209 g/mol. The lowest BCUT2D eigenvalue weighted by Gasteiger charge is -2.10. The van der Waals surface area contributed by atoms with Crippen LogP contribution < -0.4 is 0 Å². The summed E-state index contributed by atoms with van der Waals surface area (Å²) in [5, 5.41) is 12.3. The molecule has 0 saturated heterocycles. The molecule has 1 aromatic rings. The third-order valence-corrected chi connectivity index (χ3v) is 2.16. The van der Waals surface area contributed by atoms with Crippen molar-refractivity contribution in [2.75, 3.05) is 6.54 Å². The fourth-order valence-electron chi connectivity index (χ4n) is 1.49. The summed E-state index contributed by atoms with van der Waals surface area (Å²) in [4.78, 5) is 34.3. The van der Waals surface area contributed by atoms with Gasteiger partial charge in [-0.2, -0.15) is 5.10 Å². The molecular formula is C8H7N3O4. The van der Waals surface area contributed by atoms with Crippen molar-refractivity contribution in [2.45, 2.75) is 0 Å². The van der Waals surface area contributed by atoms with Crippen LogP contribution in [-0.4, -0.2) is 44.1 Å². The summed E-state index contributed by atoms with van der Waals surface area (Å²) in [6, 6.07) is 0. The first-order valence-corrected chi connectivity index (χ1v) is 4.12. The fourth-order valence-corrected chi connectivity index (χ4v) is 1.49. The number of carboxylic acid groups (broad SMARTS) is 1. The number of rotatable bonds is 2. The summed E-state index contributed by atoms with van der Waals surface area (Å²) in [6.07, 6.45) is 1.26. The van der Waals surface area contributed by atoms with E-state index < -0.39 is 24.3 Å². The number of fused-ring (bicyclic) bond motifs is 1. The lowest BCUT2D eigenvalue weighted by atomic mass is 10.3. The second-order valence-electron chi connectivity index (χ2n) is 3.12. The van der Waals surface area contributed by atoms with E-state index in [0.717, 1.165) is 0 Å². The van der Waals surface area contributed by atoms with Crippen molar-refractivity contribution in [1.29, 1.82) is 0 Å². The number of carboxylic acids is 1. The topological polar surface area (TPSA) is 92.5 Å². The van der Waals surface area contributed by atoms with Gasteiger partial charge in [-0.15, -0.1) is 0 Å². The van der Waals surface area contributed by atoms with Crippen LogP contribution in [0.15, 0.2) is 6.20 Å². The van der Waals surface area contributed by atoms with Crippen LogP contribution in [0.2, 0.25) is 0 Å². The average molecular weight is 209 g/mol. The predicted molar refractivity (Wildman–Crippen MR) is 46.2 cm³/mol. The Morgan fingerprint density at radius 1 is 1.47 bits per heavy atom. The molecule has 0 bridgehead atoms. The largest absolute Gasteiger partial charge is 0.480 e. The minimum absolute atomic E-state index is 0.140. The van der Waals surface area contributed by atoms with E-state index in [4.69, 9.17) is 5.11 Å². The van der Waals surface area contributed by atoms with E-state index in [2.05, 4.69) is 5.10 Å². The quantitative estimate of drug-likeness (QED) is 0.637. The van der Waals surface area contributed by atoms with Gasteiger partial charge in [0.25, 0.3) is 11.8 Å². The molecule has 0 aromatic carbocycles. The summed E-state index contributed by atoms with van der Waals surface area (Å²) in [7, 11) is 1.52. The summed E-state index contributed by atoms with van der Waals surface area (Å²) in [5.74, 6) is -2.44. The van der Waals surface area contributed by atoms with E-state index >= 15 is 0 Å². The molecule has 2 heterocycles. The number of hydrogen-bond donors (Lipinski definition) is 1. The number of carbonyl (C=O) groups is 3. The Kier molecular flexibility index (Phi) is 1.82. The SMILES string of the molecule is Cn1ncc2c1C(=O)N(CC(=O)O)C2=O. The minimum atomic E-state index is -1.22. The molecule has 78 valence electrons. The van der Waals surface area contributed by atoms with Gasteiger partial charge in [0.05, 0.1) is 11.8 Å². The van der Waals surface area contributed by atoms with E-state index in [0.29, 0.717) is 4.90 Å². The van der Waals surface area contributed by atoms with Crippen LogP contribution in [0, 0.1) is 0 Å². The van der Waals surface area contributed by atoms with Crippen LogP contribution in [0.5, 0.6) is 0 Å². The second kappa shape index (κ2) is 2.91. The third kappa shape index (κ3) is 1.20. The third-order valence-electron chi connectivity index (χ3n) is 2.16. The van der Waals surface area contributed by atoms with Gasteiger partial charge in [0, 0.05) is 7.05 Å². The smallest absolute Gasteiger partial charge is 0.323 e. The first-order valence-electron chi connectivity index (χ1n) is 4.12. The lowest BCUT2D eigenvalue weighted by Crippen LogP contribution is -2.35. The molecule has 2 amide bonds. The zero-order chi connectivity index (χ0) is 11.2. The molecular weight excluding hydrogens is 202 g/mol. The van der Waals surface area contributed by atoms with Gasteiger partial charge >= 0.3 is 5.97 Å². The lowest BCUT2D eigenvalue weighted by molar-refractivity contribution is -0.137. The predicted octanol–water partition coefficient (Wildman–Crippen LogP) is -0.899. The summed E-state index contributed by atoms with van der Waals surface area (Å²) in [6.45, 7) is -0.619. The van der Waals surface area contributed by atoms with Crippen molar-refractivity contribution < 1.29 is 19.5 Å². The Labute approximate surface area is 83.9 Å². The molecule has 0 saturated carbocycles. The Balaban J connectivity index is 2.42. The van der Waals surface area contributed by atoms with Crippen LogP contribution in [0.4, 0.5) is 0 Å². The van der Waals surface area contributed by atoms with E-state index in [9.17, 15) is 14.4 Å². The molecule has 0 spiro atoms.